The van der Waals surface area contributed by atoms with Crippen LogP contribution in [0.2, 0.25) is 0 Å². The van der Waals surface area contributed by atoms with Gasteiger partial charge in [-0.1, -0.05) is 20.8 Å². The number of nitriles is 1. The highest BCUT2D eigenvalue weighted by atomic mass is 19.3. The highest BCUT2D eigenvalue weighted by Gasteiger charge is 2.47. The number of halogens is 3. The molecule has 1 amide bonds. The van der Waals surface area contributed by atoms with Crippen LogP contribution >= 0.6 is 0 Å². The van der Waals surface area contributed by atoms with E-state index in [1.165, 1.54) is 0 Å². The number of carbonyl (C=O) groups is 1. The molecule has 1 aromatic heterocycles. The fourth-order valence-corrected chi connectivity index (χ4v) is 3.52. The van der Waals surface area contributed by atoms with Crippen LogP contribution < -0.4 is 15.8 Å². The number of nitrogens with two attached hydrogens (primary N) is 1. The maximum Gasteiger partial charge on any atom is 0.405 e. The van der Waals surface area contributed by atoms with Gasteiger partial charge in [0, 0.05) is 17.5 Å². The number of aromatic nitrogens is 1. The molecule has 1 aliphatic carbocycles. The molecule has 1 aromatic rings. The largest absolute Gasteiger partial charge is 0.471 e. The van der Waals surface area contributed by atoms with E-state index in [1.807, 2.05) is 20.8 Å². The van der Waals surface area contributed by atoms with Gasteiger partial charge < -0.3 is 20.5 Å². The number of anilines is 1. The predicted molar refractivity (Wildman–Crippen MR) is 99.1 cm³/mol. The Morgan fingerprint density at radius 2 is 2.07 bits per heavy atom. The Hall–Kier alpha value is -2.70. The minimum Gasteiger partial charge on any atom is -0.471 e. The minimum atomic E-state index is -2.75. The van der Waals surface area contributed by atoms with Gasteiger partial charge in [-0.3, -0.25) is 0 Å². The zero-order valence-electron chi connectivity index (χ0n) is 16.6. The van der Waals surface area contributed by atoms with Crippen molar-refractivity contribution in [3.63, 3.8) is 0 Å². The van der Waals surface area contributed by atoms with Gasteiger partial charge in [-0.05, 0) is 25.7 Å². The first-order chi connectivity index (χ1) is 13.5. The van der Waals surface area contributed by atoms with Crippen LogP contribution in [0.1, 0.15) is 52.0 Å². The molecule has 0 spiro atoms. The Kier molecular flexibility index (Phi) is 6.82. The quantitative estimate of drug-likeness (QED) is 0.729. The molecular formula is C19H25F3N4O3. The van der Waals surface area contributed by atoms with Gasteiger partial charge in [0.05, 0.1) is 0 Å². The number of nitrogens with zero attached hydrogens (tertiary/aromatic N) is 2. The zero-order valence-corrected chi connectivity index (χ0v) is 16.6. The van der Waals surface area contributed by atoms with Crippen LogP contribution in [0.5, 0.6) is 5.88 Å². The van der Waals surface area contributed by atoms with E-state index in [4.69, 9.17) is 20.5 Å². The summed E-state index contributed by atoms with van der Waals surface area (Å²) in [6, 6.07) is 2.38. The Labute approximate surface area is 167 Å². The van der Waals surface area contributed by atoms with Crippen molar-refractivity contribution < 1.29 is 27.4 Å². The van der Waals surface area contributed by atoms with Crippen LogP contribution in [0.15, 0.2) is 6.07 Å². The number of ether oxygens (including phenoxy) is 2. The molecular weight excluding hydrogens is 389 g/mol. The molecule has 0 aromatic carbocycles. The molecule has 0 bridgehead atoms. The summed E-state index contributed by atoms with van der Waals surface area (Å²) in [6.45, 7) is 4.92. The Balaban J connectivity index is 2.14. The van der Waals surface area contributed by atoms with E-state index in [9.17, 15) is 18.0 Å². The number of pyridine rings is 1. The number of nitrogens with one attached hydrogen (secondary N) is 1. The van der Waals surface area contributed by atoms with E-state index in [2.05, 4.69) is 10.3 Å². The molecule has 0 aliphatic heterocycles. The maximum atomic E-state index is 14.3. The average Bonchev–Trinajstić information content (AvgIpc) is 2.62. The normalized spacial score (nSPS) is 22.1. The summed E-state index contributed by atoms with van der Waals surface area (Å²) in [4.78, 5) is 15.2. The number of carbonyl (C=O) groups excluding carboxylic acids is 1. The molecule has 1 fully saturated rings. The summed E-state index contributed by atoms with van der Waals surface area (Å²) in [5, 5.41) is 12.0. The first kappa shape index (κ1) is 22.6. The van der Waals surface area contributed by atoms with E-state index in [1.54, 1.807) is 6.07 Å². The van der Waals surface area contributed by atoms with Crippen LogP contribution in [-0.2, 0) is 4.74 Å². The molecule has 0 saturated heterocycles. The summed E-state index contributed by atoms with van der Waals surface area (Å²) < 4.78 is 49.4. The average molecular weight is 414 g/mol. The fourth-order valence-electron chi connectivity index (χ4n) is 3.52. The number of amides is 1. The molecule has 1 aliphatic rings. The van der Waals surface area contributed by atoms with Gasteiger partial charge >= 0.3 is 6.09 Å². The third kappa shape index (κ3) is 5.43. The van der Waals surface area contributed by atoms with E-state index in [0.29, 0.717) is 25.7 Å². The number of hydrogen-bond acceptors (Lipinski definition) is 6. The van der Waals surface area contributed by atoms with Gasteiger partial charge in [-0.25, -0.2) is 18.0 Å². The number of rotatable bonds is 6. The fraction of sp³-hybridized carbons (Fsp3) is 0.632. The molecule has 1 saturated carbocycles. The maximum absolute atomic E-state index is 14.3. The number of hydrogen-bond donors (Lipinski definition) is 2. The lowest BCUT2D eigenvalue weighted by Crippen LogP contribution is -2.51. The summed E-state index contributed by atoms with van der Waals surface area (Å²) in [5.41, 5.74) is 3.90. The first-order valence-corrected chi connectivity index (χ1v) is 9.24. The van der Waals surface area contributed by atoms with Gasteiger partial charge in [-0.15, -0.1) is 0 Å². The standard InChI is InChI=1S/C19H25F3N4O3/c1-18(2,3)19(29-17(24)27)6-4-12(5-7-19)25-15-13(20)8-11(9-23)16(26-15)28-10-14(21)22/h8,12,14H,4-7,10H2,1-3H3,(H2,24,27)(H,25,26)/t12-,19-. The van der Waals surface area contributed by atoms with Crippen molar-refractivity contribution in [1.29, 1.82) is 5.26 Å². The van der Waals surface area contributed by atoms with Crippen molar-refractivity contribution in [3.05, 3.63) is 17.4 Å². The summed E-state index contributed by atoms with van der Waals surface area (Å²) >= 11 is 0. The first-order valence-electron chi connectivity index (χ1n) is 9.24. The second kappa shape index (κ2) is 8.76. The highest BCUT2D eigenvalue weighted by molar-refractivity contribution is 5.65. The lowest BCUT2D eigenvalue weighted by atomic mass is 9.67. The van der Waals surface area contributed by atoms with Gasteiger partial charge in [0.25, 0.3) is 6.43 Å². The topological polar surface area (TPSA) is 110 Å². The van der Waals surface area contributed by atoms with Crippen LogP contribution in [-0.4, -0.2) is 35.8 Å². The van der Waals surface area contributed by atoms with Crippen LogP contribution in [0.3, 0.4) is 0 Å². The lowest BCUT2D eigenvalue weighted by molar-refractivity contribution is -0.0905. The molecule has 0 radical (unpaired) electrons. The van der Waals surface area contributed by atoms with Gasteiger partial charge in [0.2, 0.25) is 5.88 Å². The molecule has 2 rings (SSSR count). The summed E-state index contributed by atoms with van der Waals surface area (Å²) in [5.74, 6) is -1.32. The number of alkyl halides is 2. The van der Waals surface area contributed by atoms with E-state index in [0.717, 1.165) is 6.07 Å². The second-order valence-corrected chi connectivity index (χ2v) is 8.07. The summed E-state index contributed by atoms with van der Waals surface area (Å²) in [6.07, 6.45) is -1.50. The Morgan fingerprint density at radius 3 is 2.55 bits per heavy atom. The predicted octanol–water partition coefficient (Wildman–Crippen LogP) is 3.97. The minimum absolute atomic E-state index is 0.183. The van der Waals surface area contributed by atoms with E-state index >= 15 is 0 Å². The van der Waals surface area contributed by atoms with Crippen molar-refractivity contribution in [2.45, 2.75) is 64.5 Å². The van der Waals surface area contributed by atoms with E-state index in [-0.39, 0.29) is 28.7 Å². The van der Waals surface area contributed by atoms with Crippen LogP contribution in [0, 0.1) is 22.6 Å². The molecule has 0 unspecified atom stereocenters. The third-order valence-electron chi connectivity index (χ3n) is 5.20. The van der Waals surface area contributed by atoms with Crippen LogP contribution in [0.4, 0.5) is 23.8 Å². The molecule has 10 heteroatoms. The second-order valence-electron chi connectivity index (χ2n) is 8.07. The van der Waals surface area contributed by atoms with Gasteiger partial charge in [0.15, 0.2) is 18.2 Å². The monoisotopic (exact) mass is 414 g/mol. The SMILES string of the molecule is CC(C)(C)[C@]1(OC(N)=O)CC[C@H](Nc2nc(OCC(F)F)c(C#N)cc2F)CC1. The molecule has 29 heavy (non-hydrogen) atoms. The van der Waals surface area contributed by atoms with Crippen molar-refractivity contribution in [3.8, 4) is 11.9 Å². The van der Waals surface area contributed by atoms with Crippen molar-refractivity contribution in [2.75, 3.05) is 11.9 Å². The van der Waals surface area contributed by atoms with Crippen molar-refractivity contribution in [1.82, 2.24) is 4.98 Å². The molecule has 3 N–H and O–H groups in total. The van der Waals surface area contributed by atoms with Crippen molar-refractivity contribution in [2.24, 2.45) is 11.1 Å². The highest BCUT2D eigenvalue weighted by Crippen LogP contribution is 2.45. The third-order valence-corrected chi connectivity index (χ3v) is 5.20. The molecule has 1 heterocycles. The zero-order chi connectivity index (χ0) is 21.8. The Bertz CT molecular complexity index is 782. The van der Waals surface area contributed by atoms with Gasteiger partial charge in [-0.2, -0.15) is 10.2 Å². The van der Waals surface area contributed by atoms with Crippen molar-refractivity contribution >= 4 is 11.9 Å². The summed E-state index contributed by atoms with van der Waals surface area (Å²) in [7, 11) is 0. The van der Waals surface area contributed by atoms with E-state index < -0.39 is 30.5 Å². The molecule has 0 atom stereocenters. The lowest BCUT2D eigenvalue weighted by Gasteiger charge is -2.47. The Morgan fingerprint density at radius 1 is 1.45 bits per heavy atom. The van der Waals surface area contributed by atoms with Gasteiger partial charge in [0.1, 0.15) is 17.2 Å². The number of primary amides is 1. The smallest absolute Gasteiger partial charge is 0.405 e. The van der Waals surface area contributed by atoms with Crippen LogP contribution in [0.25, 0.3) is 0 Å². The molecule has 7 nitrogen and oxygen atoms in total. The molecule has 160 valence electrons.